The molecule has 0 heterocycles. The minimum Gasteiger partial charge on any atom is -0.344 e. The van der Waals surface area contributed by atoms with Crippen LogP contribution < -0.4 is 5.73 Å². The van der Waals surface area contributed by atoms with E-state index in [0.29, 0.717) is 0 Å². The van der Waals surface area contributed by atoms with Crippen molar-refractivity contribution < 1.29 is 4.79 Å². The van der Waals surface area contributed by atoms with Crippen molar-refractivity contribution >= 4 is 5.91 Å². The molecule has 0 aromatic carbocycles. The van der Waals surface area contributed by atoms with Gasteiger partial charge in [-0.15, -0.1) is 0 Å². The van der Waals surface area contributed by atoms with E-state index in [-0.39, 0.29) is 11.9 Å². The first kappa shape index (κ1) is 12.9. The predicted octanol–water partition coefficient (Wildman–Crippen LogP) is 2.01. The average Bonchev–Trinajstić information content (AvgIpc) is 2.90. The summed E-state index contributed by atoms with van der Waals surface area (Å²) in [6, 6.07) is -0.288. The van der Waals surface area contributed by atoms with Crippen molar-refractivity contribution in [2.75, 3.05) is 13.6 Å². The molecule has 2 fully saturated rings. The van der Waals surface area contributed by atoms with E-state index in [1.165, 1.54) is 25.7 Å². The molecule has 2 N–H and O–H groups in total. The zero-order valence-electron chi connectivity index (χ0n) is 11.2. The molecule has 4 unspecified atom stereocenters. The fourth-order valence-electron chi connectivity index (χ4n) is 3.76. The molecular formula is C14H26N2O. The van der Waals surface area contributed by atoms with Gasteiger partial charge in [0.05, 0.1) is 6.04 Å². The first-order valence-electron chi connectivity index (χ1n) is 7.12. The van der Waals surface area contributed by atoms with Gasteiger partial charge in [-0.1, -0.05) is 19.8 Å². The van der Waals surface area contributed by atoms with Crippen LogP contribution in [0, 0.1) is 17.8 Å². The number of fused-ring (bicyclic) bond motifs is 2. The van der Waals surface area contributed by atoms with E-state index in [2.05, 4.69) is 6.92 Å². The van der Waals surface area contributed by atoms with Crippen LogP contribution in [0.4, 0.5) is 0 Å². The summed E-state index contributed by atoms with van der Waals surface area (Å²) in [5, 5.41) is 0. The molecule has 0 spiro atoms. The molecule has 0 aromatic heterocycles. The number of likely N-dealkylation sites (N-methyl/N-ethyl adjacent to an activating group) is 1. The molecule has 2 aliphatic rings. The number of amides is 1. The van der Waals surface area contributed by atoms with E-state index >= 15 is 0 Å². The molecule has 1 amide bonds. The van der Waals surface area contributed by atoms with Crippen LogP contribution in [0.15, 0.2) is 0 Å². The molecule has 3 nitrogen and oxygen atoms in total. The Labute approximate surface area is 105 Å². The van der Waals surface area contributed by atoms with Gasteiger partial charge in [0.25, 0.3) is 0 Å². The van der Waals surface area contributed by atoms with E-state index in [0.717, 1.165) is 37.1 Å². The lowest BCUT2D eigenvalue weighted by Gasteiger charge is -2.28. The van der Waals surface area contributed by atoms with Gasteiger partial charge >= 0.3 is 0 Å². The summed E-state index contributed by atoms with van der Waals surface area (Å²) < 4.78 is 0. The average molecular weight is 238 g/mol. The van der Waals surface area contributed by atoms with Crippen LogP contribution in [0.25, 0.3) is 0 Å². The Morgan fingerprint density at radius 2 is 2.18 bits per heavy atom. The summed E-state index contributed by atoms with van der Waals surface area (Å²) in [5.74, 6) is 2.72. The van der Waals surface area contributed by atoms with Gasteiger partial charge in [0.15, 0.2) is 0 Å². The van der Waals surface area contributed by atoms with Crippen LogP contribution in [0.3, 0.4) is 0 Å². The lowest BCUT2D eigenvalue weighted by Crippen LogP contribution is -2.44. The third-order valence-electron chi connectivity index (χ3n) is 4.69. The highest BCUT2D eigenvalue weighted by molar-refractivity contribution is 5.81. The third-order valence-corrected chi connectivity index (χ3v) is 4.69. The van der Waals surface area contributed by atoms with Crippen molar-refractivity contribution in [1.82, 2.24) is 4.90 Å². The Hall–Kier alpha value is -0.570. The fourth-order valence-corrected chi connectivity index (χ4v) is 3.76. The molecule has 2 bridgehead atoms. The highest BCUT2D eigenvalue weighted by Gasteiger charge is 2.40. The molecule has 0 saturated heterocycles. The van der Waals surface area contributed by atoms with Gasteiger partial charge in [-0.05, 0) is 43.4 Å². The molecule has 0 radical (unpaired) electrons. The van der Waals surface area contributed by atoms with Gasteiger partial charge in [-0.2, -0.15) is 0 Å². The van der Waals surface area contributed by atoms with Crippen LogP contribution in [0.5, 0.6) is 0 Å². The largest absolute Gasteiger partial charge is 0.344 e. The van der Waals surface area contributed by atoms with Gasteiger partial charge in [0.2, 0.25) is 5.91 Å². The molecule has 2 rings (SSSR count). The van der Waals surface area contributed by atoms with Crippen molar-refractivity contribution in [2.45, 2.75) is 51.5 Å². The predicted molar refractivity (Wildman–Crippen MR) is 69.5 cm³/mol. The summed E-state index contributed by atoms with van der Waals surface area (Å²) in [6.45, 7) is 3.00. The van der Waals surface area contributed by atoms with Crippen molar-refractivity contribution in [2.24, 2.45) is 23.5 Å². The van der Waals surface area contributed by atoms with Crippen molar-refractivity contribution in [1.29, 1.82) is 0 Å². The fraction of sp³-hybridized carbons (Fsp3) is 0.929. The Morgan fingerprint density at radius 1 is 1.41 bits per heavy atom. The maximum Gasteiger partial charge on any atom is 0.239 e. The third kappa shape index (κ3) is 2.82. The number of nitrogens with zero attached hydrogens (tertiary/aromatic N) is 1. The van der Waals surface area contributed by atoms with E-state index < -0.39 is 0 Å². The Kier molecular flexibility index (Phi) is 4.08. The van der Waals surface area contributed by atoms with Gasteiger partial charge in [-0.3, -0.25) is 4.79 Å². The Bertz CT molecular complexity index is 279. The van der Waals surface area contributed by atoms with Crippen LogP contribution in [-0.2, 0) is 4.79 Å². The normalized spacial score (nSPS) is 32.8. The molecule has 0 aromatic rings. The van der Waals surface area contributed by atoms with E-state index in [4.69, 9.17) is 5.73 Å². The maximum absolute atomic E-state index is 12.0. The second kappa shape index (κ2) is 5.38. The summed E-state index contributed by atoms with van der Waals surface area (Å²) in [4.78, 5) is 13.9. The molecule has 3 heteroatoms. The summed E-state index contributed by atoms with van der Waals surface area (Å²) in [7, 11) is 1.92. The highest BCUT2D eigenvalue weighted by atomic mass is 16.2. The van der Waals surface area contributed by atoms with Crippen LogP contribution in [-0.4, -0.2) is 30.4 Å². The summed E-state index contributed by atoms with van der Waals surface area (Å²) in [5.41, 5.74) is 5.89. The van der Waals surface area contributed by atoms with Gasteiger partial charge in [0, 0.05) is 13.6 Å². The van der Waals surface area contributed by atoms with Crippen molar-refractivity contribution in [3.63, 3.8) is 0 Å². The highest BCUT2D eigenvalue weighted by Crippen LogP contribution is 2.48. The SMILES string of the molecule is CCCC(N)C(=O)N(C)CC1CC2CCC1C2. The second-order valence-electron chi connectivity index (χ2n) is 6.05. The number of hydrogen-bond acceptors (Lipinski definition) is 2. The van der Waals surface area contributed by atoms with E-state index in [1.54, 1.807) is 0 Å². The van der Waals surface area contributed by atoms with Gasteiger partial charge < -0.3 is 10.6 Å². The zero-order valence-corrected chi connectivity index (χ0v) is 11.2. The topological polar surface area (TPSA) is 46.3 Å². The smallest absolute Gasteiger partial charge is 0.239 e. The molecule has 98 valence electrons. The lowest BCUT2D eigenvalue weighted by molar-refractivity contribution is -0.132. The van der Waals surface area contributed by atoms with Crippen LogP contribution >= 0.6 is 0 Å². The number of carbonyl (C=O) groups is 1. The van der Waals surface area contributed by atoms with Gasteiger partial charge in [0.1, 0.15) is 0 Å². The number of carbonyl (C=O) groups excluding carboxylic acids is 1. The first-order chi connectivity index (χ1) is 8.11. The standard InChI is InChI=1S/C14H26N2O/c1-3-4-13(15)14(17)16(2)9-12-8-10-5-6-11(12)7-10/h10-13H,3-9,15H2,1-2H3. The number of nitrogens with two attached hydrogens (primary N) is 1. The quantitative estimate of drug-likeness (QED) is 0.796. The molecule has 2 saturated carbocycles. The minimum atomic E-state index is -0.288. The monoisotopic (exact) mass is 238 g/mol. The molecular weight excluding hydrogens is 212 g/mol. The first-order valence-corrected chi connectivity index (χ1v) is 7.12. The number of rotatable bonds is 5. The van der Waals surface area contributed by atoms with Crippen LogP contribution in [0.1, 0.15) is 45.4 Å². The minimum absolute atomic E-state index is 0.134. The van der Waals surface area contributed by atoms with Crippen LogP contribution in [0.2, 0.25) is 0 Å². The lowest BCUT2D eigenvalue weighted by atomic mass is 9.88. The summed E-state index contributed by atoms with van der Waals surface area (Å²) >= 11 is 0. The molecule has 2 aliphatic carbocycles. The zero-order chi connectivity index (χ0) is 12.4. The maximum atomic E-state index is 12.0. The summed E-state index contributed by atoms with van der Waals surface area (Å²) in [6.07, 6.45) is 7.35. The van der Waals surface area contributed by atoms with Crippen molar-refractivity contribution in [3.05, 3.63) is 0 Å². The second-order valence-corrected chi connectivity index (χ2v) is 6.05. The molecule has 17 heavy (non-hydrogen) atoms. The van der Waals surface area contributed by atoms with Gasteiger partial charge in [-0.25, -0.2) is 0 Å². The van der Waals surface area contributed by atoms with E-state index in [9.17, 15) is 4.79 Å². The Balaban J connectivity index is 1.80. The van der Waals surface area contributed by atoms with E-state index in [1.807, 2.05) is 11.9 Å². The van der Waals surface area contributed by atoms with Crippen molar-refractivity contribution in [3.8, 4) is 0 Å². The molecule has 4 atom stereocenters. The number of hydrogen-bond donors (Lipinski definition) is 1. The Morgan fingerprint density at radius 3 is 2.71 bits per heavy atom. The molecule has 0 aliphatic heterocycles.